The fraction of sp³-hybridized carbons (Fsp3) is 0.500. The number of carbonyl (C=O) groups is 1. The second kappa shape index (κ2) is 5.38. The summed E-state index contributed by atoms with van der Waals surface area (Å²) in [5.74, 6) is 0.335. The molecule has 1 atom stereocenters. The van der Waals surface area contributed by atoms with Crippen LogP contribution in [0.15, 0.2) is 18.2 Å². The Bertz CT molecular complexity index is 447. The summed E-state index contributed by atoms with van der Waals surface area (Å²) in [6.07, 6.45) is 2.56. The molecule has 1 aliphatic rings. The Morgan fingerprint density at radius 2 is 2.22 bits per heavy atom. The zero-order chi connectivity index (χ0) is 13.1. The van der Waals surface area contributed by atoms with Crippen LogP contribution in [-0.2, 0) is 11.3 Å². The van der Waals surface area contributed by atoms with E-state index in [0.29, 0.717) is 18.9 Å². The monoisotopic (exact) mass is 250 g/mol. The first-order chi connectivity index (χ1) is 8.56. The summed E-state index contributed by atoms with van der Waals surface area (Å²) in [6, 6.07) is 4.74. The first-order valence-corrected chi connectivity index (χ1v) is 6.38. The van der Waals surface area contributed by atoms with E-state index in [1.807, 2.05) is 4.90 Å². The molecule has 3 nitrogen and oxygen atoms in total. The second-order valence-electron chi connectivity index (χ2n) is 5.10. The summed E-state index contributed by atoms with van der Waals surface area (Å²) in [5, 5.41) is 0. The van der Waals surface area contributed by atoms with E-state index in [1.165, 1.54) is 6.07 Å². The van der Waals surface area contributed by atoms with Gasteiger partial charge >= 0.3 is 0 Å². The van der Waals surface area contributed by atoms with Crippen LogP contribution in [-0.4, -0.2) is 17.4 Å². The second-order valence-corrected chi connectivity index (χ2v) is 5.10. The van der Waals surface area contributed by atoms with Crippen molar-refractivity contribution in [3.8, 4) is 0 Å². The topological polar surface area (TPSA) is 46.3 Å². The number of anilines is 1. The molecular formula is C14H19FN2O. The summed E-state index contributed by atoms with van der Waals surface area (Å²) in [4.78, 5) is 13.7. The summed E-state index contributed by atoms with van der Waals surface area (Å²) in [6.45, 7) is 3.40. The molecule has 1 fully saturated rings. The Balaban J connectivity index is 2.07. The highest BCUT2D eigenvalue weighted by atomic mass is 19.1. The molecule has 0 saturated carbocycles. The van der Waals surface area contributed by atoms with Gasteiger partial charge in [-0.15, -0.1) is 0 Å². The number of likely N-dealkylation sites (tertiary alicyclic amines) is 1. The molecule has 1 heterocycles. The number of nitrogens with two attached hydrogens (primary N) is 1. The van der Waals surface area contributed by atoms with Gasteiger partial charge in [-0.2, -0.15) is 0 Å². The van der Waals surface area contributed by atoms with Crippen molar-refractivity contribution in [1.82, 2.24) is 4.90 Å². The minimum absolute atomic E-state index is 0.148. The van der Waals surface area contributed by atoms with Crippen molar-refractivity contribution in [2.75, 3.05) is 12.3 Å². The minimum atomic E-state index is -0.414. The van der Waals surface area contributed by atoms with Crippen LogP contribution in [0.5, 0.6) is 0 Å². The van der Waals surface area contributed by atoms with Gasteiger partial charge in [0.2, 0.25) is 5.91 Å². The van der Waals surface area contributed by atoms with Crippen molar-refractivity contribution in [3.63, 3.8) is 0 Å². The first kappa shape index (κ1) is 12.9. The molecule has 0 aromatic heterocycles. The molecule has 0 aliphatic carbocycles. The van der Waals surface area contributed by atoms with E-state index >= 15 is 0 Å². The zero-order valence-corrected chi connectivity index (χ0v) is 10.7. The molecule has 0 bridgehead atoms. The van der Waals surface area contributed by atoms with Gasteiger partial charge in [-0.3, -0.25) is 4.79 Å². The highest BCUT2D eigenvalue weighted by molar-refractivity contribution is 5.76. The van der Waals surface area contributed by atoms with Gasteiger partial charge in [0.05, 0.1) is 5.69 Å². The number of benzene rings is 1. The van der Waals surface area contributed by atoms with Gasteiger partial charge < -0.3 is 10.6 Å². The van der Waals surface area contributed by atoms with Crippen molar-refractivity contribution in [3.05, 3.63) is 29.6 Å². The lowest BCUT2D eigenvalue weighted by atomic mass is 10.0. The zero-order valence-electron chi connectivity index (χ0n) is 10.7. The van der Waals surface area contributed by atoms with Gasteiger partial charge in [-0.25, -0.2) is 4.39 Å². The third-order valence-corrected chi connectivity index (χ3v) is 3.53. The summed E-state index contributed by atoms with van der Waals surface area (Å²) >= 11 is 0. The van der Waals surface area contributed by atoms with Crippen molar-refractivity contribution >= 4 is 11.6 Å². The van der Waals surface area contributed by atoms with E-state index < -0.39 is 5.82 Å². The molecule has 2 rings (SSSR count). The Hall–Kier alpha value is -1.58. The van der Waals surface area contributed by atoms with Crippen LogP contribution in [0.25, 0.3) is 0 Å². The molecule has 1 amide bonds. The Kier molecular flexibility index (Phi) is 3.84. The summed E-state index contributed by atoms with van der Waals surface area (Å²) in [7, 11) is 0. The fourth-order valence-corrected chi connectivity index (χ4v) is 2.23. The Morgan fingerprint density at radius 1 is 1.44 bits per heavy atom. The molecule has 0 radical (unpaired) electrons. The number of hydrogen-bond acceptors (Lipinski definition) is 2. The molecule has 0 spiro atoms. The van der Waals surface area contributed by atoms with Crippen LogP contribution in [0.3, 0.4) is 0 Å². The van der Waals surface area contributed by atoms with Gasteiger partial charge in [0.1, 0.15) is 5.82 Å². The smallest absolute Gasteiger partial charge is 0.222 e. The SMILES string of the molecule is CC1CCC(=O)N(Cc2ccc(N)c(F)c2)CC1. The molecule has 98 valence electrons. The van der Waals surface area contributed by atoms with E-state index in [1.54, 1.807) is 12.1 Å². The van der Waals surface area contributed by atoms with Crippen molar-refractivity contribution in [2.24, 2.45) is 5.92 Å². The van der Waals surface area contributed by atoms with E-state index in [4.69, 9.17) is 5.73 Å². The van der Waals surface area contributed by atoms with E-state index in [-0.39, 0.29) is 11.6 Å². The maximum absolute atomic E-state index is 13.3. The fourth-order valence-electron chi connectivity index (χ4n) is 2.23. The number of hydrogen-bond donors (Lipinski definition) is 1. The number of carbonyl (C=O) groups excluding carboxylic acids is 1. The largest absolute Gasteiger partial charge is 0.396 e. The summed E-state index contributed by atoms with van der Waals surface area (Å²) < 4.78 is 13.3. The molecule has 1 unspecified atom stereocenters. The number of nitrogen functional groups attached to an aromatic ring is 1. The molecule has 2 N–H and O–H groups in total. The van der Waals surface area contributed by atoms with Crippen molar-refractivity contribution in [1.29, 1.82) is 0 Å². The van der Waals surface area contributed by atoms with Crippen LogP contribution in [0.4, 0.5) is 10.1 Å². The number of amides is 1. The highest BCUT2D eigenvalue weighted by Gasteiger charge is 2.20. The van der Waals surface area contributed by atoms with Crippen LogP contribution in [0.1, 0.15) is 31.7 Å². The van der Waals surface area contributed by atoms with E-state index in [9.17, 15) is 9.18 Å². The molecular weight excluding hydrogens is 231 g/mol. The molecule has 1 aliphatic heterocycles. The molecule has 18 heavy (non-hydrogen) atoms. The van der Waals surface area contributed by atoms with Gasteiger partial charge in [-0.1, -0.05) is 13.0 Å². The van der Waals surface area contributed by atoms with Crippen LogP contribution in [0.2, 0.25) is 0 Å². The lowest BCUT2D eigenvalue weighted by Gasteiger charge is -2.20. The molecule has 1 aromatic carbocycles. The molecule has 1 aromatic rings. The number of rotatable bonds is 2. The lowest BCUT2D eigenvalue weighted by molar-refractivity contribution is -0.131. The quantitative estimate of drug-likeness (QED) is 0.820. The average Bonchev–Trinajstić information content (AvgIpc) is 2.49. The van der Waals surface area contributed by atoms with Crippen molar-refractivity contribution in [2.45, 2.75) is 32.7 Å². The van der Waals surface area contributed by atoms with Crippen LogP contribution >= 0.6 is 0 Å². The van der Waals surface area contributed by atoms with Crippen molar-refractivity contribution < 1.29 is 9.18 Å². The lowest BCUT2D eigenvalue weighted by Crippen LogP contribution is -2.29. The van der Waals surface area contributed by atoms with Gasteiger partial charge in [0, 0.05) is 19.5 Å². The third-order valence-electron chi connectivity index (χ3n) is 3.53. The molecule has 4 heteroatoms. The molecule has 1 saturated heterocycles. The standard InChI is InChI=1S/C14H19FN2O/c1-10-2-5-14(18)17(7-6-10)9-11-3-4-13(16)12(15)8-11/h3-4,8,10H,2,5-7,9,16H2,1H3. The minimum Gasteiger partial charge on any atom is -0.396 e. The Morgan fingerprint density at radius 3 is 2.94 bits per heavy atom. The van der Waals surface area contributed by atoms with Crippen LogP contribution < -0.4 is 5.73 Å². The highest BCUT2D eigenvalue weighted by Crippen LogP contribution is 2.20. The maximum atomic E-state index is 13.3. The predicted molar refractivity (Wildman–Crippen MR) is 69.2 cm³/mol. The van der Waals surface area contributed by atoms with Gasteiger partial charge in [0.15, 0.2) is 0 Å². The number of nitrogens with zero attached hydrogens (tertiary/aromatic N) is 1. The first-order valence-electron chi connectivity index (χ1n) is 6.38. The third kappa shape index (κ3) is 3.00. The Labute approximate surface area is 107 Å². The predicted octanol–water partition coefficient (Wildman–Crippen LogP) is 2.56. The normalized spacial score (nSPS) is 20.9. The van der Waals surface area contributed by atoms with E-state index in [2.05, 4.69) is 6.92 Å². The maximum Gasteiger partial charge on any atom is 0.222 e. The van der Waals surface area contributed by atoms with Gasteiger partial charge in [0.25, 0.3) is 0 Å². The van der Waals surface area contributed by atoms with Crippen LogP contribution in [0, 0.1) is 11.7 Å². The average molecular weight is 250 g/mol. The summed E-state index contributed by atoms with van der Waals surface area (Å²) in [5.41, 5.74) is 6.38. The van der Waals surface area contributed by atoms with Gasteiger partial charge in [-0.05, 0) is 36.5 Å². The van der Waals surface area contributed by atoms with E-state index in [0.717, 1.165) is 24.9 Å². The number of halogens is 1.